The SMILES string of the molecule is CCCCc1nn(CC)c(CC)c1O. The molecule has 0 bridgehead atoms. The molecule has 0 fully saturated rings. The van der Waals surface area contributed by atoms with Crippen LogP contribution in [-0.2, 0) is 19.4 Å². The van der Waals surface area contributed by atoms with Crippen LogP contribution in [0.25, 0.3) is 0 Å². The molecule has 0 spiro atoms. The normalized spacial score (nSPS) is 10.8. The molecule has 1 aromatic rings. The molecule has 80 valence electrons. The van der Waals surface area contributed by atoms with Crippen LogP contribution in [0.4, 0.5) is 0 Å². The van der Waals surface area contributed by atoms with Gasteiger partial charge >= 0.3 is 0 Å². The minimum Gasteiger partial charge on any atom is -0.504 e. The molecule has 1 N–H and O–H groups in total. The van der Waals surface area contributed by atoms with Gasteiger partial charge in [-0.2, -0.15) is 5.10 Å². The van der Waals surface area contributed by atoms with Gasteiger partial charge in [0.25, 0.3) is 0 Å². The Balaban J connectivity index is 2.89. The van der Waals surface area contributed by atoms with E-state index in [1.54, 1.807) is 0 Å². The van der Waals surface area contributed by atoms with E-state index in [1.807, 2.05) is 11.6 Å². The first-order valence-corrected chi connectivity index (χ1v) is 5.52. The maximum Gasteiger partial charge on any atom is 0.160 e. The molecule has 0 saturated carbocycles. The Hall–Kier alpha value is -0.990. The number of aromatic hydroxyl groups is 1. The molecule has 0 radical (unpaired) electrons. The Morgan fingerprint density at radius 1 is 1.29 bits per heavy atom. The van der Waals surface area contributed by atoms with Crippen LogP contribution in [0.15, 0.2) is 0 Å². The van der Waals surface area contributed by atoms with Gasteiger partial charge in [-0.05, 0) is 26.2 Å². The number of rotatable bonds is 5. The summed E-state index contributed by atoms with van der Waals surface area (Å²) in [5.41, 5.74) is 1.84. The van der Waals surface area contributed by atoms with E-state index in [0.29, 0.717) is 5.75 Å². The van der Waals surface area contributed by atoms with E-state index in [9.17, 15) is 5.11 Å². The van der Waals surface area contributed by atoms with Crippen molar-refractivity contribution in [3.8, 4) is 5.75 Å². The van der Waals surface area contributed by atoms with E-state index >= 15 is 0 Å². The Labute approximate surface area is 85.8 Å². The highest BCUT2D eigenvalue weighted by molar-refractivity contribution is 5.32. The van der Waals surface area contributed by atoms with E-state index in [0.717, 1.165) is 43.6 Å². The number of aryl methyl sites for hydroxylation is 2. The minimum absolute atomic E-state index is 0.419. The Morgan fingerprint density at radius 2 is 2.00 bits per heavy atom. The smallest absolute Gasteiger partial charge is 0.160 e. The van der Waals surface area contributed by atoms with Crippen LogP contribution in [0.3, 0.4) is 0 Å². The zero-order chi connectivity index (χ0) is 10.6. The first kappa shape index (κ1) is 11.1. The molecule has 0 aliphatic rings. The van der Waals surface area contributed by atoms with Crippen LogP contribution >= 0.6 is 0 Å². The quantitative estimate of drug-likeness (QED) is 0.785. The summed E-state index contributed by atoms with van der Waals surface area (Å²) in [7, 11) is 0. The summed E-state index contributed by atoms with van der Waals surface area (Å²) in [5, 5.41) is 14.3. The van der Waals surface area contributed by atoms with Gasteiger partial charge in [-0.3, -0.25) is 4.68 Å². The monoisotopic (exact) mass is 196 g/mol. The predicted molar refractivity (Wildman–Crippen MR) is 57.6 cm³/mol. The molecule has 3 nitrogen and oxygen atoms in total. The number of nitrogens with zero attached hydrogens (tertiary/aromatic N) is 2. The Bertz CT molecular complexity index is 292. The zero-order valence-electron chi connectivity index (χ0n) is 9.38. The zero-order valence-corrected chi connectivity index (χ0v) is 9.38. The van der Waals surface area contributed by atoms with Gasteiger partial charge in [0.1, 0.15) is 5.69 Å². The highest BCUT2D eigenvalue weighted by Crippen LogP contribution is 2.24. The van der Waals surface area contributed by atoms with Crippen molar-refractivity contribution in [2.75, 3.05) is 0 Å². The molecule has 0 aliphatic heterocycles. The topological polar surface area (TPSA) is 38.0 Å². The fraction of sp³-hybridized carbons (Fsp3) is 0.727. The standard InChI is InChI=1S/C11H20N2O/c1-4-7-8-9-11(14)10(5-2)13(6-3)12-9/h14H,4-8H2,1-3H3. The number of hydrogen-bond donors (Lipinski definition) is 1. The Kier molecular flexibility index (Phi) is 3.98. The molecule has 0 aliphatic carbocycles. The van der Waals surface area contributed by atoms with Crippen LogP contribution in [0.1, 0.15) is 45.0 Å². The average molecular weight is 196 g/mol. The average Bonchev–Trinajstić information content (AvgIpc) is 2.51. The molecule has 0 unspecified atom stereocenters. The third-order valence-corrected chi connectivity index (χ3v) is 2.50. The molecule has 1 rings (SSSR count). The van der Waals surface area contributed by atoms with Gasteiger partial charge in [-0.25, -0.2) is 0 Å². The molecule has 1 heterocycles. The Morgan fingerprint density at radius 3 is 2.43 bits per heavy atom. The summed E-state index contributed by atoms with van der Waals surface area (Å²) in [6.07, 6.45) is 3.97. The molecule has 0 atom stereocenters. The van der Waals surface area contributed by atoms with Crippen LogP contribution in [0.2, 0.25) is 0 Å². The van der Waals surface area contributed by atoms with Crippen molar-refractivity contribution in [3.63, 3.8) is 0 Å². The lowest BCUT2D eigenvalue weighted by atomic mass is 10.1. The van der Waals surface area contributed by atoms with Crippen molar-refractivity contribution >= 4 is 0 Å². The van der Waals surface area contributed by atoms with E-state index in [1.165, 1.54) is 0 Å². The fourth-order valence-electron chi connectivity index (χ4n) is 1.67. The minimum atomic E-state index is 0.419. The second-order valence-corrected chi connectivity index (χ2v) is 3.51. The molecule has 1 aromatic heterocycles. The highest BCUT2D eigenvalue weighted by atomic mass is 16.3. The summed E-state index contributed by atoms with van der Waals surface area (Å²) in [6.45, 7) is 7.08. The summed E-state index contributed by atoms with van der Waals surface area (Å²) in [5.74, 6) is 0.419. The summed E-state index contributed by atoms with van der Waals surface area (Å²) in [6, 6.07) is 0. The second-order valence-electron chi connectivity index (χ2n) is 3.51. The molecule has 0 aromatic carbocycles. The highest BCUT2D eigenvalue weighted by Gasteiger charge is 2.13. The number of hydrogen-bond acceptors (Lipinski definition) is 2. The third-order valence-electron chi connectivity index (χ3n) is 2.50. The van der Waals surface area contributed by atoms with Crippen molar-refractivity contribution in [2.24, 2.45) is 0 Å². The maximum absolute atomic E-state index is 9.88. The number of unbranched alkanes of at least 4 members (excludes halogenated alkanes) is 1. The fourth-order valence-corrected chi connectivity index (χ4v) is 1.67. The lowest BCUT2D eigenvalue weighted by molar-refractivity contribution is 0.458. The number of aromatic nitrogens is 2. The van der Waals surface area contributed by atoms with Gasteiger partial charge < -0.3 is 5.11 Å². The first-order valence-electron chi connectivity index (χ1n) is 5.52. The van der Waals surface area contributed by atoms with Crippen LogP contribution < -0.4 is 0 Å². The molecule has 14 heavy (non-hydrogen) atoms. The lowest BCUT2D eigenvalue weighted by Gasteiger charge is -1.99. The molecule has 0 amide bonds. The van der Waals surface area contributed by atoms with Crippen molar-refractivity contribution in [3.05, 3.63) is 11.4 Å². The molecule has 0 saturated heterocycles. The second kappa shape index (κ2) is 5.03. The first-order chi connectivity index (χ1) is 6.74. The van der Waals surface area contributed by atoms with Gasteiger partial charge in [0, 0.05) is 6.54 Å². The third kappa shape index (κ3) is 2.08. The van der Waals surface area contributed by atoms with Crippen LogP contribution in [0, 0.1) is 0 Å². The van der Waals surface area contributed by atoms with Crippen LogP contribution in [0.5, 0.6) is 5.75 Å². The summed E-state index contributed by atoms with van der Waals surface area (Å²) >= 11 is 0. The molecular formula is C11H20N2O. The van der Waals surface area contributed by atoms with Gasteiger partial charge in [0.2, 0.25) is 0 Å². The van der Waals surface area contributed by atoms with Crippen molar-refractivity contribution in [1.29, 1.82) is 0 Å². The van der Waals surface area contributed by atoms with E-state index < -0.39 is 0 Å². The predicted octanol–water partition coefficient (Wildman–Crippen LogP) is 2.51. The van der Waals surface area contributed by atoms with Crippen LogP contribution in [-0.4, -0.2) is 14.9 Å². The van der Waals surface area contributed by atoms with Crippen molar-refractivity contribution < 1.29 is 5.11 Å². The largest absolute Gasteiger partial charge is 0.504 e. The van der Waals surface area contributed by atoms with Gasteiger partial charge in [-0.1, -0.05) is 20.3 Å². The molecule has 3 heteroatoms. The van der Waals surface area contributed by atoms with Crippen molar-refractivity contribution in [2.45, 2.75) is 53.0 Å². The summed E-state index contributed by atoms with van der Waals surface area (Å²) in [4.78, 5) is 0. The van der Waals surface area contributed by atoms with Crippen molar-refractivity contribution in [1.82, 2.24) is 9.78 Å². The lowest BCUT2D eigenvalue weighted by Crippen LogP contribution is -2.01. The van der Waals surface area contributed by atoms with Gasteiger partial charge in [0.15, 0.2) is 5.75 Å². The van der Waals surface area contributed by atoms with Gasteiger partial charge in [0.05, 0.1) is 5.69 Å². The van der Waals surface area contributed by atoms with Gasteiger partial charge in [-0.15, -0.1) is 0 Å². The van der Waals surface area contributed by atoms with E-state index in [-0.39, 0.29) is 0 Å². The van der Waals surface area contributed by atoms with E-state index in [2.05, 4.69) is 18.9 Å². The summed E-state index contributed by atoms with van der Waals surface area (Å²) < 4.78 is 1.90. The molecular weight excluding hydrogens is 176 g/mol. The van der Waals surface area contributed by atoms with E-state index in [4.69, 9.17) is 0 Å². The maximum atomic E-state index is 9.88.